The van der Waals surface area contributed by atoms with Gasteiger partial charge in [-0.2, -0.15) is 0 Å². The fourth-order valence-corrected chi connectivity index (χ4v) is 5.39. The second-order valence-corrected chi connectivity index (χ2v) is 8.65. The first-order valence-electron chi connectivity index (χ1n) is 6.74. The van der Waals surface area contributed by atoms with Gasteiger partial charge < -0.3 is 9.84 Å². The monoisotopic (exact) mass is 390 g/mol. The molecule has 0 saturated carbocycles. The minimum absolute atomic E-state index is 0.128. The van der Waals surface area contributed by atoms with E-state index in [1.807, 2.05) is 0 Å². The van der Waals surface area contributed by atoms with Gasteiger partial charge >= 0.3 is 0 Å². The molecule has 0 aromatic heterocycles. The highest BCUT2D eigenvalue weighted by Gasteiger charge is 2.75. The van der Waals surface area contributed by atoms with E-state index < -0.39 is 0 Å². The van der Waals surface area contributed by atoms with E-state index in [2.05, 4.69) is 65.6 Å². The highest BCUT2D eigenvalue weighted by molar-refractivity contribution is 9.12. The Hall–Kier alpha value is 0.360. The number of rotatable bonds is 0. The molecule has 1 N–H and O–H groups in total. The fraction of sp³-hybridized carbons (Fsp3) is 0.733. The molecule has 1 saturated heterocycles. The van der Waals surface area contributed by atoms with Crippen molar-refractivity contribution in [2.75, 3.05) is 0 Å². The number of hydrogen-bond donors (Lipinski definition) is 1. The van der Waals surface area contributed by atoms with Crippen molar-refractivity contribution >= 4 is 31.9 Å². The molecule has 1 spiro atoms. The van der Waals surface area contributed by atoms with Crippen molar-refractivity contribution in [3.63, 3.8) is 0 Å². The topological polar surface area (TPSA) is 32.8 Å². The van der Waals surface area contributed by atoms with Crippen molar-refractivity contribution in [1.82, 2.24) is 0 Å². The second kappa shape index (κ2) is 3.96. The van der Waals surface area contributed by atoms with E-state index in [0.29, 0.717) is 0 Å². The average molecular weight is 392 g/mol. The van der Waals surface area contributed by atoms with Crippen molar-refractivity contribution in [3.8, 4) is 0 Å². The zero-order chi connectivity index (χ0) is 14.2. The Balaban J connectivity index is 2.19. The van der Waals surface area contributed by atoms with E-state index in [1.165, 1.54) is 10.1 Å². The van der Waals surface area contributed by atoms with Gasteiger partial charge in [-0.1, -0.05) is 51.3 Å². The Bertz CT molecular complexity index is 508. The summed E-state index contributed by atoms with van der Waals surface area (Å²) in [4.78, 5) is 0. The van der Waals surface area contributed by atoms with E-state index >= 15 is 0 Å². The zero-order valence-corrected chi connectivity index (χ0v) is 14.9. The van der Waals surface area contributed by atoms with E-state index in [1.54, 1.807) is 0 Å². The van der Waals surface area contributed by atoms with Crippen molar-refractivity contribution in [2.24, 2.45) is 10.8 Å². The van der Waals surface area contributed by atoms with Gasteiger partial charge in [-0.15, -0.1) is 0 Å². The predicted molar refractivity (Wildman–Crippen MR) is 83.4 cm³/mol. The molecule has 1 aliphatic heterocycles. The molecular formula is C15H20Br2O2. The molecule has 2 nitrogen and oxygen atoms in total. The Morgan fingerprint density at radius 3 is 2.58 bits per heavy atom. The minimum atomic E-state index is -0.375. The first-order chi connectivity index (χ1) is 8.67. The summed E-state index contributed by atoms with van der Waals surface area (Å²) in [6.07, 6.45) is 3.47. The van der Waals surface area contributed by atoms with Crippen LogP contribution in [0.15, 0.2) is 20.6 Å². The number of ether oxygens (including phenoxy) is 1. The summed E-state index contributed by atoms with van der Waals surface area (Å²) in [7, 11) is 0. The van der Waals surface area contributed by atoms with E-state index in [0.717, 1.165) is 17.3 Å². The van der Waals surface area contributed by atoms with Crippen LogP contribution in [0.4, 0.5) is 0 Å². The van der Waals surface area contributed by atoms with Gasteiger partial charge in [0.25, 0.3) is 0 Å². The normalized spacial score (nSPS) is 48.1. The van der Waals surface area contributed by atoms with Crippen LogP contribution in [-0.2, 0) is 4.74 Å². The smallest absolute Gasteiger partial charge is 0.107 e. The molecule has 1 fully saturated rings. The summed E-state index contributed by atoms with van der Waals surface area (Å²) < 4.78 is 8.39. The van der Waals surface area contributed by atoms with Gasteiger partial charge in [0.05, 0.1) is 6.10 Å². The summed E-state index contributed by atoms with van der Waals surface area (Å²) in [6.45, 7) is 8.66. The maximum absolute atomic E-state index is 10.9. The number of aliphatic hydroxyl groups is 1. The minimum Gasteiger partial charge on any atom is -0.392 e. The Morgan fingerprint density at radius 1 is 1.32 bits per heavy atom. The van der Waals surface area contributed by atoms with Crippen LogP contribution in [0.3, 0.4) is 0 Å². The second-order valence-electron chi connectivity index (χ2n) is 6.84. The number of hydrogen-bond acceptors (Lipinski definition) is 2. The largest absolute Gasteiger partial charge is 0.392 e. The number of allylic oxidation sites excluding steroid dienone is 2. The number of fused-ring (bicyclic) bond motifs is 2. The molecule has 3 rings (SSSR count). The summed E-state index contributed by atoms with van der Waals surface area (Å²) in [5, 5.41) is 10.9. The maximum atomic E-state index is 10.9. The molecular weight excluding hydrogens is 372 g/mol. The van der Waals surface area contributed by atoms with Gasteiger partial charge in [0.2, 0.25) is 0 Å². The lowest BCUT2D eigenvalue weighted by molar-refractivity contribution is -0.0986. The Labute approximate surface area is 131 Å². The van der Waals surface area contributed by atoms with E-state index in [-0.39, 0.29) is 28.6 Å². The van der Waals surface area contributed by atoms with E-state index in [4.69, 9.17) is 4.74 Å². The van der Waals surface area contributed by atoms with Crippen LogP contribution in [-0.4, -0.2) is 22.9 Å². The molecule has 2 aliphatic carbocycles. The molecule has 1 unspecified atom stereocenters. The number of epoxide rings is 1. The number of aliphatic hydroxyl groups excluding tert-OH is 1. The van der Waals surface area contributed by atoms with Crippen molar-refractivity contribution in [1.29, 1.82) is 0 Å². The summed E-state index contributed by atoms with van der Waals surface area (Å²) >= 11 is 7.42. The Morgan fingerprint density at radius 2 is 1.95 bits per heavy atom. The number of halogens is 2. The van der Waals surface area contributed by atoms with Gasteiger partial charge in [0, 0.05) is 15.3 Å². The fourth-order valence-electron chi connectivity index (χ4n) is 4.19. The van der Waals surface area contributed by atoms with Crippen LogP contribution in [0.2, 0.25) is 0 Å². The first-order valence-corrected chi connectivity index (χ1v) is 8.33. The molecule has 1 heterocycles. The molecule has 0 aromatic rings. The van der Waals surface area contributed by atoms with Crippen molar-refractivity contribution in [2.45, 2.75) is 58.3 Å². The third kappa shape index (κ3) is 1.55. The molecule has 0 amide bonds. The standard InChI is InChI=1S/C15H20Br2O2/c1-8-5-11(18)15(7-9(8)16)13(2,3)10(17)6-12-14(15,4)19-12/h6,11-12,18H,5,7H2,1-4H3/t11?,12-,14-,15+/m1/s1. The molecule has 0 aromatic carbocycles. The lowest BCUT2D eigenvalue weighted by atomic mass is 9.49. The average Bonchev–Trinajstić information content (AvgIpc) is 2.94. The molecule has 4 heteroatoms. The molecule has 0 bridgehead atoms. The van der Waals surface area contributed by atoms with Crippen molar-refractivity contribution < 1.29 is 9.84 Å². The summed E-state index contributed by atoms with van der Waals surface area (Å²) in [6, 6.07) is 0. The lowest BCUT2D eigenvalue weighted by Crippen LogP contribution is -2.59. The van der Waals surface area contributed by atoms with Crippen LogP contribution in [0.1, 0.15) is 40.5 Å². The van der Waals surface area contributed by atoms with Gasteiger partial charge in [0.15, 0.2) is 0 Å². The molecule has 4 atom stereocenters. The van der Waals surface area contributed by atoms with Crippen LogP contribution in [0, 0.1) is 10.8 Å². The van der Waals surface area contributed by atoms with Crippen LogP contribution in [0.5, 0.6) is 0 Å². The SMILES string of the molecule is CC1=C(Br)C[C@]2(C(O)C1)C(C)(C)C(Br)=C[C@H]1O[C@]12C. The Kier molecular flexibility index (Phi) is 2.98. The quantitative estimate of drug-likeness (QED) is 0.625. The molecule has 0 radical (unpaired) electrons. The third-order valence-corrected chi connectivity index (χ3v) is 7.93. The van der Waals surface area contributed by atoms with Gasteiger partial charge in [-0.05, 0) is 37.2 Å². The summed E-state index contributed by atoms with van der Waals surface area (Å²) in [5.41, 5.74) is 0.567. The molecule has 106 valence electrons. The molecule has 19 heavy (non-hydrogen) atoms. The lowest BCUT2D eigenvalue weighted by Gasteiger charge is -2.56. The predicted octanol–water partition coefficient (Wildman–Crippen LogP) is 4.27. The highest BCUT2D eigenvalue weighted by atomic mass is 79.9. The van der Waals surface area contributed by atoms with Gasteiger partial charge in [-0.3, -0.25) is 0 Å². The third-order valence-electron chi connectivity index (χ3n) is 5.72. The van der Waals surface area contributed by atoms with Crippen molar-refractivity contribution in [3.05, 3.63) is 20.6 Å². The van der Waals surface area contributed by atoms with E-state index in [9.17, 15) is 5.11 Å². The first kappa shape index (κ1) is 14.3. The highest BCUT2D eigenvalue weighted by Crippen LogP contribution is 2.71. The van der Waals surface area contributed by atoms with Crippen LogP contribution >= 0.6 is 31.9 Å². The van der Waals surface area contributed by atoms with Gasteiger partial charge in [-0.25, -0.2) is 0 Å². The van der Waals surface area contributed by atoms with Crippen LogP contribution < -0.4 is 0 Å². The maximum Gasteiger partial charge on any atom is 0.107 e. The van der Waals surface area contributed by atoms with Gasteiger partial charge in [0.1, 0.15) is 11.7 Å². The zero-order valence-electron chi connectivity index (χ0n) is 11.8. The molecule has 3 aliphatic rings. The summed E-state index contributed by atoms with van der Waals surface area (Å²) in [5.74, 6) is 0. The van der Waals surface area contributed by atoms with Crippen LogP contribution in [0.25, 0.3) is 0 Å².